The Morgan fingerprint density at radius 2 is 2.21 bits per heavy atom. The molecule has 3 heteroatoms. The van der Waals surface area contributed by atoms with Crippen LogP contribution in [0.25, 0.3) is 10.1 Å². The standard InChI is InChI=1S/C11H10N2S/c1-7-4-9-6-10(13)5-8(2-3-12)11(9)14-7/h4-6H,2,13H2,1H3. The van der Waals surface area contributed by atoms with Gasteiger partial charge in [-0.3, -0.25) is 0 Å². The Balaban J connectivity index is 2.74. The van der Waals surface area contributed by atoms with Crippen LogP contribution in [-0.2, 0) is 6.42 Å². The van der Waals surface area contributed by atoms with Gasteiger partial charge in [0.2, 0.25) is 0 Å². The molecule has 2 rings (SSSR count). The van der Waals surface area contributed by atoms with Crippen molar-refractivity contribution in [2.75, 3.05) is 5.73 Å². The normalized spacial score (nSPS) is 10.3. The molecule has 0 aliphatic carbocycles. The Bertz CT molecular complexity index is 520. The Labute approximate surface area is 86.6 Å². The van der Waals surface area contributed by atoms with Gasteiger partial charge in [-0.05, 0) is 36.1 Å². The minimum absolute atomic E-state index is 0.432. The molecule has 0 saturated carbocycles. The first-order chi connectivity index (χ1) is 6.70. The van der Waals surface area contributed by atoms with Gasteiger partial charge in [-0.25, -0.2) is 0 Å². The highest BCUT2D eigenvalue weighted by Crippen LogP contribution is 2.30. The van der Waals surface area contributed by atoms with E-state index in [0.717, 1.165) is 16.6 Å². The Kier molecular flexibility index (Phi) is 2.14. The van der Waals surface area contributed by atoms with E-state index in [1.807, 2.05) is 12.1 Å². The van der Waals surface area contributed by atoms with E-state index in [1.165, 1.54) is 9.58 Å². The van der Waals surface area contributed by atoms with Crippen molar-refractivity contribution in [1.82, 2.24) is 0 Å². The Hall–Kier alpha value is -1.53. The summed E-state index contributed by atoms with van der Waals surface area (Å²) in [4.78, 5) is 1.25. The Morgan fingerprint density at radius 3 is 2.93 bits per heavy atom. The predicted molar refractivity (Wildman–Crippen MR) is 60.3 cm³/mol. The summed E-state index contributed by atoms with van der Waals surface area (Å²) in [7, 11) is 0. The highest BCUT2D eigenvalue weighted by Gasteiger charge is 2.05. The van der Waals surface area contributed by atoms with E-state index < -0.39 is 0 Å². The summed E-state index contributed by atoms with van der Waals surface area (Å²) < 4.78 is 1.19. The first-order valence-electron chi connectivity index (χ1n) is 4.36. The zero-order chi connectivity index (χ0) is 10.1. The highest BCUT2D eigenvalue weighted by atomic mass is 32.1. The van der Waals surface area contributed by atoms with Crippen LogP contribution in [0.2, 0.25) is 0 Å². The molecule has 1 aromatic heterocycles. The number of nitriles is 1. The van der Waals surface area contributed by atoms with E-state index in [4.69, 9.17) is 11.0 Å². The number of nitrogens with two attached hydrogens (primary N) is 1. The molecule has 0 saturated heterocycles. The first-order valence-corrected chi connectivity index (χ1v) is 5.18. The summed E-state index contributed by atoms with van der Waals surface area (Å²) in [5.41, 5.74) is 7.54. The topological polar surface area (TPSA) is 49.8 Å². The van der Waals surface area contributed by atoms with Crippen LogP contribution in [0.1, 0.15) is 10.4 Å². The number of nitrogen functional groups attached to an aromatic ring is 1. The van der Waals surface area contributed by atoms with Crippen LogP contribution in [0.4, 0.5) is 5.69 Å². The van der Waals surface area contributed by atoms with Crippen molar-refractivity contribution in [3.05, 3.63) is 28.6 Å². The zero-order valence-corrected chi connectivity index (χ0v) is 8.69. The van der Waals surface area contributed by atoms with Crippen molar-refractivity contribution in [3.63, 3.8) is 0 Å². The van der Waals surface area contributed by atoms with Crippen molar-refractivity contribution in [2.45, 2.75) is 13.3 Å². The SMILES string of the molecule is Cc1cc2cc(N)cc(CC#N)c2s1. The van der Waals surface area contributed by atoms with Gasteiger partial charge in [0, 0.05) is 15.3 Å². The smallest absolute Gasteiger partial charge is 0.0670 e. The van der Waals surface area contributed by atoms with Crippen LogP contribution in [0.3, 0.4) is 0 Å². The van der Waals surface area contributed by atoms with Gasteiger partial charge in [-0.15, -0.1) is 11.3 Å². The lowest BCUT2D eigenvalue weighted by Crippen LogP contribution is -1.88. The number of nitrogens with zero attached hydrogens (tertiary/aromatic N) is 1. The molecule has 0 aliphatic heterocycles. The lowest BCUT2D eigenvalue weighted by atomic mass is 10.1. The van der Waals surface area contributed by atoms with Crippen molar-refractivity contribution in [3.8, 4) is 6.07 Å². The van der Waals surface area contributed by atoms with Gasteiger partial charge in [0.25, 0.3) is 0 Å². The molecule has 2 N–H and O–H groups in total. The average molecular weight is 202 g/mol. The van der Waals surface area contributed by atoms with Crippen LogP contribution < -0.4 is 5.73 Å². The van der Waals surface area contributed by atoms with E-state index in [9.17, 15) is 0 Å². The summed E-state index contributed by atoms with van der Waals surface area (Å²) in [6, 6.07) is 8.12. The molecule has 0 aliphatic rings. The molecule has 70 valence electrons. The van der Waals surface area contributed by atoms with Gasteiger partial charge in [0.1, 0.15) is 0 Å². The second-order valence-corrected chi connectivity index (χ2v) is 4.55. The zero-order valence-electron chi connectivity index (χ0n) is 7.87. The number of thiophene rings is 1. The van der Waals surface area contributed by atoms with E-state index in [1.54, 1.807) is 11.3 Å². The molecular weight excluding hydrogens is 192 g/mol. The van der Waals surface area contributed by atoms with Crippen LogP contribution in [-0.4, -0.2) is 0 Å². The van der Waals surface area contributed by atoms with E-state index in [-0.39, 0.29) is 0 Å². The first kappa shape index (κ1) is 9.04. The summed E-state index contributed by atoms with van der Waals surface area (Å²) in [6.45, 7) is 2.07. The molecule has 2 aromatic rings. The minimum atomic E-state index is 0.432. The molecule has 0 radical (unpaired) electrons. The molecule has 1 heterocycles. The van der Waals surface area contributed by atoms with Gasteiger partial charge >= 0.3 is 0 Å². The number of rotatable bonds is 1. The van der Waals surface area contributed by atoms with Crippen molar-refractivity contribution >= 4 is 27.1 Å². The second kappa shape index (κ2) is 3.32. The van der Waals surface area contributed by atoms with Gasteiger partial charge in [-0.1, -0.05) is 0 Å². The maximum atomic E-state index is 8.69. The third-order valence-electron chi connectivity index (χ3n) is 2.11. The quantitative estimate of drug-likeness (QED) is 0.723. The maximum absolute atomic E-state index is 8.69. The van der Waals surface area contributed by atoms with E-state index >= 15 is 0 Å². The molecule has 0 fully saturated rings. The van der Waals surface area contributed by atoms with Crippen molar-refractivity contribution < 1.29 is 0 Å². The van der Waals surface area contributed by atoms with Crippen molar-refractivity contribution in [2.24, 2.45) is 0 Å². The molecule has 14 heavy (non-hydrogen) atoms. The van der Waals surface area contributed by atoms with Gasteiger partial charge in [0.15, 0.2) is 0 Å². The molecule has 2 nitrogen and oxygen atoms in total. The van der Waals surface area contributed by atoms with Crippen LogP contribution in [0.5, 0.6) is 0 Å². The fraction of sp³-hybridized carbons (Fsp3) is 0.182. The van der Waals surface area contributed by atoms with E-state index in [2.05, 4.69) is 19.1 Å². The number of anilines is 1. The summed E-state index contributed by atoms with van der Waals surface area (Å²) in [5.74, 6) is 0. The van der Waals surface area contributed by atoms with Crippen LogP contribution in [0, 0.1) is 18.3 Å². The van der Waals surface area contributed by atoms with Crippen molar-refractivity contribution in [1.29, 1.82) is 5.26 Å². The second-order valence-electron chi connectivity index (χ2n) is 3.29. The molecule has 1 aromatic carbocycles. The molecule has 0 amide bonds. The molecule has 0 bridgehead atoms. The number of aryl methyl sites for hydroxylation is 1. The number of hydrogen-bond donors (Lipinski definition) is 1. The summed E-state index contributed by atoms with van der Waals surface area (Å²) in [6.07, 6.45) is 0.432. The Morgan fingerprint density at radius 1 is 1.43 bits per heavy atom. The van der Waals surface area contributed by atoms with Gasteiger partial charge < -0.3 is 5.73 Å². The largest absolute Gasteiger partial charge is 0.399 e. The monoisotopic (exact) mass is 202 g/mol. The fourth-order valence-corrected chi connectivity index (χ4v) is 2.60. The average Bonchev–Trinajstić information content (AvgIpc) is 2.45. The van der Waals surface area contributed by atoms with Gasteiger partial charge in [-0.2, -0.15) is 5.26 Å². The highest BCUT2D eigenvalue weighted by molar-refractivity contribution is 7.19. The number of benzene rings is 1. The minimum Gasteiger partial charge on any atom is -0.399 e. The molecular formula is C11H10N2S. The van der Waals surface area contributed by atoms with Crippen LogP contribution in [0.15, 0.2) is 18.2 Å². The molecule has 0 spiro atoms. The number of hydrogen-bond acceptors (Lipinski definition) is 3. The lowest BCUT2D eigenvalue weighted by molar-refractivity contribution is 1.29. The lowest BCUT2D eigenvalue weighted by Gasteiger charge is -1.99. The fourth-order valence-electron chi connectivity index (χ4n) is 1.60. The maximum Gasteiger partial charge on any atom is 0.0670 e. The third-order valence-corrected chi connectivity index (χ3v) is 3.25. The van der Waals surface area contributed by atoms with Gasteiger partial charge in [0.05, 0.1) is 12.5 Å². The predicted octanol–water partition coefficient (Wildman–Crippen LogP) is 2.86. The molecule has 0 unspecified atom stereocenters. The summed E-state index contributed by atoms with van der Waals surface area (Å²) in [5, 5.41) is 9.84. The van der Waals surface area contributed by atoms with E-state index in [0.29, 0.717) is 6.42 Å². The molecule has 0 atom stereocenters. The summed E-state index contributed by atoms with van der Waals surface area (Å²) >= 11 is 1.72. The third kappa shape index (κ3) is 1.45. The van der Waals surface area contributed by atoms with Crippen LogP contribution >= 0.6 is 11.3 Å². The number of fused-ring (bicyclic) bond motifs is 1.